The first-order chi connectivity index (χ1) is 24.2. The number of rotatable bonds is 8. The van der Waals surface area contributed by atoms with Crippen molar-refractivity contribution in [2.75, 3.05) is 28.2 Å². The zero-order valence-corrected chi connectivity index (χ0v) is 37.2. The van der Waals surface area contributed by atoms with Crippen LogP contribution in [0.4, 0.5) is 0 Å². The molecule has 0 radical (unpaired) electrons. The fraction of sp³-hybridized carbons (Fsp3) is 0.644. The Balaban J connectivity index is 0.000000237. The second-order valence-electron chi connectivity index (χ2n) is 18.7. The van der Waals surface area contributed by atoms with Crippen LogP contribution >= 0.6 is 0 Å². The van der Waals surface area contributed by atoms with E-state index in [9.17, 15) is 0 Å². The first kappa shape index (κ1) is 42.7. The second kappa shape index (κ2) is 13.6. The quantitative estimate of drug-likeness (QED) is 0.257. The fourth-order valence-electron chi connectivity index (χ4n) is 11.9. The van der Waals surface area contributed by atoms with Crippen molar-refractivity contribution < 1.29 is 0 Å². The third kappa shape index (κ3) is 5.43. The van der Waals surface area contributed by atoms with Gasteiger partial charge in [-0.15, -0.1) is 0 Å². The van der Waals surface area contributed by atoms with Crippen LogP contribution in [0.25, 0.3) is 0 Å². The Labute approximate surface area is 323 Å². The molecule has 0 saturated carbocycles. The predicted octanol–water partition coefficient (Wildman–Crippen LogP) is 8.44. The largest absolute Gasteiger partial charge is 0.273 e. The van der Waals surface area contributed by atoms with Crippen LogP contribution in [0.1, 0.15) is 122 Å². The van der Waals surface area contributed by atoms with Crippen molar-refractivity contribution in [1.29, 1.82) is 0 Å². The molecule has 3 bridgehead atoms. The lowest BCUT2D eigenvalue weighted by molar-refractivity contribution is -0.458. The van der Waals surface area contributed by atoms with Gasteiger partial charge in [-0.25, -0.2) is 19.6 Å². The van der Waals surface area contributed by atoms with Crippen molar-refractivity contribution in [2.24, 2.45) is 20.0 Å². The highest BCUT2D eigenvalue weighted by molar-refractivity contribution is 5.59. The summed E-state index contributed by atoms with van der Waals surface area (Å²) in [5.74, 6) is -0.0994. The maximum atomic E-state index is 4.24. The molecule has 0 atom stereocenters. The summed E-state index contributed by atoms with van der Waals surface area (Å²) in [4.78, 5) is 27.3. The van der Waals surface area contributed by atoms with Gasteiger partial charge in [0, 0.05) is 21.7 Å². The van der Waals surface area contributed by atoms with Gasteiger partial charge in [-0.2, -0.15) is 0 Å². The maximum absolute atomic E-state index is 4.24. The molecule has 0 unspecified atom stereocenters. The summed E-state index contributed by atoms with van der Waals surface area (Å²) in [5.41, 5.74) is 15.8. The second-order valence-corrected chi connectivity index (χ2v) is 18.7. The smallest absolute Gasteiger partial charge is 0.195 e. The minimum Gasteiger partial charge on any atom is -0.273 e. The van der Waals surface area contributed by atoms with E-state index in [-0.39, 0.29) is 39.9 Å². The van der Waals surface area contributed by atoms with E-state index in [0.717, 1.165) is 0 Å². The molecule has 292 valence electrons. The minimum absolute atomic E-state index is 0.0355. The fourth-order valence-corrected chi connectivity index (χ4v) is 11.9. The van der Waals surface area contributed by atoms with Gasteiger partial charge < -0.3 is 0 Å². The van der Waals surface area contributed by atoms with Crippen molar-refractivity contribution in [3.8, 4) is 0 Å². The molecule has 2 fully saturated rings. The van der Waals surface area contributed by atoms with Gasteiger partial charge in [0.15, 0.2) is 5.91 Å². The van der Waals surface area contributed by atoms with E-state index in [1.165, 1.54) is 55.6 Å². The number of hydrogen-bond acceptors (Lipinski definition) is 8. The lowest BCUT2D eigenvalue weighted by Gasteiger charge is -2.80. The molecule has 0 N–H and O–H groups in total. The molecule has 5 aliphatic rings. The van der Waals surface area contributed by atoms with Crippen LogP contribution in [-0.2, 0) is 21.7 Å². The Morgan fingerprint density at radius 1 is 0.453 bits per heavy atom. The molecule has 2 aromatic carbocycles. The van der Waals surface area contributed by atoms with Gasteiger partial charge in [0.1, 0.15) is 12.3 Å². The van der Waals surface area contributed by atoms with Gasteiger partial charge in [0.05, 0.1) is 12.3 Å². The maximum Gasteiger partial charge on any atom is 0.195 e. The highest BCUT2D eigenvalue weighted by Crippen LogP contribution is 2.60. The lowest BCUT2D eigenvalue weighted by atomic mass is 9.66. The monoisotopic (exact) mass is 725 g/mol. The summed E-state index contributed by atoms with van der Waals surface area (Å²) < 4.78 is 0. The molecule has 0 aromatic heterocycles. The average Bonchev–Trinajstić information content (AvgIpc) is 3.10. The third-order valence-electron chi connectivity index (χ3n) is 14.6. The molecular weight excluding hydrogens is 653 g/mol. The average molecular weight is 725 g/mol. The van der Waals surface area contributed by atoms with E-state index >= 15 is 0 Å². The molecule has 1 spiro atoms. The molecular formula is C45H72N8. The van der Waals surface area contributed by atoms with Crippen molar-refractivity contribution in [1.82, 2.24) is 19.6 Å². The van der Waals surface area contributed by atoms with Gasteiger partial charge in [-0.3, -0.25) is 20.0 Å². The Bertz CT molecular complexity index is 1670. The SMILES string of the molecule is C=NC(N=C)C(C)(C)c1c(C)c(C)c(C)c(C)c1C(C)(C)C(N=C)N=C.Cc1c(C)c(C)c2c(c1C)C(C)(C)C1N(C)C3(N1C)N(C)C(N3C)C2(C)C. The van der Waals surface area contributed by atoms with Crippen molar-refractivity contribution >= 4 is 26.9 Å². The van der Waals surface area contributed by atoms with Crippen molar-refractivity contribution in [2.45, 2.75) is 163 Å². The Morgan fingerprint density at radius 3 is 0.906 bits per heavy atom. The molecule has 2 saturated heterocycles. The summed E-state index contributed by atoms with van der Waals surface area (Å²) in [5, 5.41) is 0. The highest BCUT2D eigenvalue weighted by atomic mass is 15.9. The number of aliphatic imine (C=N–C) groups is 4. The topological polar surface area (TPSA) is 62.4 Å². The van der Waals surface area contributed by atoms with Crippen LogP contribution in [0.15, 0.2) is 20.0 Å². The van der Waals surface area contributed by atoms with Gasteiger partial charge >= 0.3 is 0 Å². The number of nitrogens with zero attached hydrogens (tertiary/aromatic N) is 8. The molecule has 7 rings (SSSR count). The first-order valence-corrected chi connectivity index (χ1v) is 19.2. The normalized spacial score (nSPS) is 24.2. The number of benzene rings is 2. The highest BCUT2D eigenvalue weighted by Gasteiger charge is 2.75. The number of likely N-dealkylation sites (N-methyl/N-ethyl adjacent to an activating group) is 4. The predicted molar refractivity (Wildman–Crippen MR) is 230 cm³/mol. The van der Waals surface area contributed by atoms with Crippen LogP contribution in [0, 0.1) is 55.4 Å². The Morgan fingerprint density at radius 2 is 0.679 bits per heavy atom. The van der Waals surface area contributed by atoms with Gasteiger partial charge in [0.2, 0.25) is 0 Å². The molecule has 2 aromatic rings. The molecule has 8 heteroatoms. The minimum atomic E-state index is -0.379. The summed E-state index contributed by atoms with van der Waals surface area (Å²) >= 11 is 0. The zero-order valence-electron chi connectivity index (χ0n) is 37.2. The standard InChI is InChI=1S/C23H38N4.C22H34N4/c1-13-14(2)16(4)18-17(15(13)3)21(5,6)19-24(9)23(25(19)10)26(11)20(27(23)12)22(18,7)8;1-13-14(2)16(4)18(22(7,8)20(25-11)26-12)17(15(13)3)21(5,6)19(23-9)24-10/h19-20H,1-12H3;19-20H,9-12H2,1-8H3. The van der Waals surface area contributed by atoms with E-state index in [1.807, 2.05) is 0 Å². The molecule has 53 heavy (non-hydrogen) atoms. The first-order valence-electron chi connectivity index (χ1n) is 19.2. The van der Waals surface area contributed by atoms with Crippen LogP contribution in [0.2, 0.25) is 0 Å². The van der Waals surface area contributed by atoms with Gasteiger partial charge in [-0.05, 0) is 177 Å². The van der Waals surface area contributed by atoms with Crippen molar-refractivity contribution in [3.05, 3.63) is 66.8 Å². The summed E-state index contributed by atoms with van der Waals surface area (Å²) in [6.07, 6.45) is 0.0561. The van der Waals surface area contributed by atoms with Crippen molar-refractivity contribution in [3.63, 3.8) is 0 Å². The molecule has 8 nitrogen and oxygen atoms in total. The van der Waals surface area contributed by atoms with E-state index in [2.05, 4.69) is 205 Å². The number of hydrogen-bond donors (Lipinski definition) is 0. The van der Waals surface area contributed by atoms with Crippen LogP contribution in [0.3, 0.4) is 0 Å². The van der Waals surface area contributed by atoms with Crippen LogP contribution < -0.4 is 0 Å². The van der Waals surface area contributed by atoms with Gasteiger partial charge in [-0.1, -0.05) is 55.4 Å². The van der Waals surface area contributed by atoms with Crippen LogP contribution in [-0.4, -0.2) is 105 Å². The Kier molecular flexibility index (Phi) is 11.0. The van der Waals surface area contributed by atoms with E-state index in [4.69, 9.17) is 0 Å². The summed E-state index contributed by atoms with van der Waals surface area (Å²) in [7, 11) is 9.21. The van der Waals surface area contributed by atoms with E-state index in [1.54, 1.807) is 11.1 Å². The lowest BCUT2D eigenvalue weighted by Crippen LogP contribution is -2.99. The molecule has 5 aliphatic heterocycles. The summed E-state index contributed by atoms with van der Waals surface area (Å²) in [6, 6.07) is 0. The molecule has 5 heterocycles. The van der Waals surface area contributed by atoms with E-state index in [0.29, 0.717) is 12.3 Å². The third-order valence-corrected chi connectivity index (χ3v) is 14.6. The van der Waals surface area contributed by atoms with Crippen LogP contribution in [0.5, 0.6) is 0 Å². The summed E-state index contributed by atoms with van der Waals surface area (Å²) in [6.45, 7) is 51.3. The Hall–Kier alpha value is -3.04. The molecule has 0 aliphatic carbocycles. The molecule has 0 amide bonds. The zero-order chi connectivity index (χ0) is 40.9. The van der Waals surface area contributed by atoms with Gasteiger partial charge in [0.25, 0.3) is 0 Å². The van der Waals surface area contributed by atoms with E-state index < -0.39 is 0 Å².